The average Bonchev–Trinajstić information content (AvgIpc) is 2.95. The molecule has 1 aromatic heterocycles. The largest absolute Gasteiger partial charge is 0.366 e. The first kappa shape index (κ1) is 14.1. The zero-order valence-electron chi connectivity index (χ0n) is 12.4. The van der Waals surface area contributed by atoms with E-state index in [9.17, 15) is 0 Å². The Kier molecular flexibility index (Phi) is 3.42. The molecule has 0 amide bonds. The van der Waals surface area contributed by atoms with Gasteiger partial charge in [-0.05, 0) is 23.6 Å². The lowest BCUT2D eigenvalue weighted by Gasteiger charge is -2.32. The first-order valence-corrected chi connectivity index (χ1v) is 7.88. The number of nitrogens with one attached hydrogen (secondary N) is 1. The van der Waals surface area contributed by atoms with Crippen LogP contribution in [0.3, 0.4) is 0 Å². The molecule has 2 heterocycles. The molecule has 0 bridgehead atoms. The molecule has 1 aliphatic heterocycles. The molecule has 23 heavy (non-hydrogen) atoms. The van der Waals surface area contributed by atoms with Gasteiger partial charge < -0.3 is 11.1 Å². The molecule has 6 heteroatoms. The van der Waals surface area contributed by atoms with Crippen molar-refractivity contribution in [3.05, 3.63) is 70.7 Å². The van der Waals surface area contributed by atoms with E-state index in [0.717, 1.165) is 17.0 Å². The highest BCUT2D eigenvalue weighted by Crippen LogP contribution is 2.39. The first-order valence-electron chi connectivity index (χ1n) is 7.50. The van der Waals surface area contributed by atoms with Crippen LogP contribution in [0.25, 0.3) is 0 Å². The van der Waals surface area contributed by atoms with E-state index in [2.05, 4.69) is 27.5 Å². The molecule has 3 N–H and O–H groups in total. The van der Waals surface area contributed by atoms with Crippen molar-refractivity contribution in [1.82, 2.24) is 14.8 Å². The molecule has 0 saturated heterocycles. The molecular weight excluding hydrogens is 310 g/mol. The van der Waals surface area contributed by atoms with E-state index in [0.29, 0.717) is 5.95 Å². The van der Waals surface area contributed by atoms with Crippen molar-refractivity contribution in [2.75, 3.05) is 11.1 Å². The normalized spacial score (nSPS) is 19.9. The molecule has 116 valence electrons. The van der Waals surface area contributed by atoms with Crippen molar-refractivity contribution >= 4 is 23.5 Å². The van der Waals surface area contributed by atoms with E-state index < -0.39 is 0 Å². The van der Waals surface area contributed by atoms with Crippen LogP contribution in [0.2, 0.25) is 5.02 Å². The van der Waals surface area contributed by atoms with Crippen LogP contribution in [0.15, 0.2) is 54.6 Å². The fourth-order valence-electron chi connectivity index (χ4n) is 3.11. The second kappa shape index (κ2) is 5.59. The van der Waals surface area contributed by atoms with Crippen LogP contribution in [0, 0.1) is 0 Å². The molecule has 0 radical (unpaired) electrons. The minimum Gasteiger partial charge on any atom is -0.366 e. The SMILES string of the molecule is Nc1nc2n(n1)[C@@H](c1ccccc1)C[C@@H](c1ccccc1Cl)N2. The van der Waals surface area contributed by atoms with E-state index >= 15 is 0 Å². The van der Waals surface area contributed by atoms with Gasteiger partial charge in [-0.2, -0.15) is 4.98 Å². The maximum Gasteiger partial charge on any atom is 0.241 e. The monoisotopic (exact) mass is 325 g/mol. The van der Waals surface area contributed by atoms with Gasteiger partial charge in [0.25, 0.3) is 0 Å². The van der Waals surface area contributed by atoms with E-state index in [1.165, 1.54) is 5.56 Å². The van der Waals surface area contributed by atoms with E-state index in [1.54, 1.807) is 0 Å². The molecule has 0 fully saturated rings. The number of nitrogen functional groups attached to an aromatic ring is 1. The topological polar surface area (TPSA) is 68.8 Å². The number of aromatic nitrogens is 3. The Morgan fingerprint density at radius 2 is 1.83 bits per heavy atom. The second-order valence-electron chi connectivity index (χ2n) is 5.62. The second-order valence-corrected chi connectivity index (χ2v) is 6.03. The lowest BCUT2D eigenvalue weighted by Crippen LogP contribution is -2.28. The molecule has 1 aliphatic rings. The first-order chi connectivity index (χ1) is 11.2. The van der Waals surface area contributed by atoms with Gasteiger partial charge in [-0.1, -0.05) is 60.1 Å². The Morgan fingerprint density at radius 3 is 2.61 bits per heavy atom. The van der Waals surface area contributed by atoms with Gasteiger partial charge in [0.05, 0.1) is 12.1 Å². The summed E-state index contributed by atoms with van der Waals surface area (Å²) in [4.78, 5) is 4.31. The molecular formula is C17H16ClN5. The zero-order chi connectivity index (χ0) is 15.8. The molecule has 0 spiro atoms. The summed E-state index contributed by atoms with van der Waals surface area (Å²) in [6.07, 6.45) is 0.823. The van der Waals surface area contributed by atoms with Gasteiger partial charge in [-0.15, -0.1) is 5.10 Å². The third-order valence-corrected chi connectivity index (χ3v) is 4.51. The number of anilines is 2. The minimum absolute atomic E-state index is 0.0602. The van der Waals surface area contributed by atoms with E-state index in [4.69, 9.17) is 17.3 Å². The number of halogens is 1. The number of benzene rings is 2. The number of nitrogens with zero attached hydrogens (tertiary/aromatic N) is 3. The van der Waals surface area contributed by atoms with Crippen molar-refractivity contribution in [3.8, 4) is 0 Å². The highest BCUT2D eigenvalue weighted by Gasteiger charge is 2.31. The summed E-state index contributed by atoms with van der Waals surface area (Å²) in [6.45, 7) is 0. The van der Waals surface area contributed by atoms with Crippen LogP contribution in [0.1, 0.15) is 29.6 Å². The zero-order valence-corrected chi connectivity index (χ0v) is 13.1. The summed E-state index contributed by atoms with van der Waals surface area (Å²) >= 11 is 6.38. The van der Waals surface area contributed by atoms with Crippen LogP contribution in [0.4, 0.5) is 11.9 Å². The Morgan fingerprint density at radius 1 is 1.09 bits per heavy atom. The molecule has 0 saturated carbocycles. The Labute approximate surface area is 139 Å². The molecule has 2 aromatic carbocycles. The Bertz CT molecular complexity index is 830. The Hall–Kier alpha value is -2.53. The average molecular weight is 326 g/mol. The smallest absolute Gasteiger partial charge is 0.241 e. The third kappa shape index (κ3) is 2.53. The summed E-state index contributed by atoms with van der Waals surface area (Å²) in [7, 11) is 0. The van der Waals surface area contributed by atoms with Gasteiger partial charge in [-0.25, -0.2) is 4.68 Å². The van der Waals surface area contributed by atoms with Crippen LogP contribution in [-0.2, 0) is 0 Å². The molecule has 0 unspecified atom stereocenters. The Balaban J connectivity index is 1.79. The van der Waals surface area contributed by atoms with Gasteiger partial charge in [0, 0.05) is 5.02 Å². The molecule has 4 rings (SSSR count). The quantitative estimate of drug-likeness (QED) is 0.754. The maximum absolute atomic E-state index is 6.38. The van der Waals surface area contributed by atoms with Crippen molar-refractivity contribution in [2.24, 2.45) is 0 Å². The lowest BCUT2D eigenvalue weighted by atomic mass is 9.93. The van der Waals surface area contributed by atoms with Gasteiger partial charge in [0.1, 0.15) is 0 Å². The van der Waals surface area contributed by atoms with E-state index in [1.807, 2.05) is 47.1 Å². The molecule has 0 aliphatic carbocycles. The minimum atomic E-state index is 0.0602. The number of fused-ring (bicyclic) bond motifs is 1. The number of rotatable bonds is 2. The maximum atomic E-state index is 6.38. The van der Waals surface area contributed by atoms with Crippen LogP contribution < -0.4 is 11.1 Å². The number of hydrogen-bond donors (Lipinski definition) is 2. The standard InChI is InChI=1S/C17H16ClN5/c18-13-9-5-4-8-12(13)14-10-15(11-6-2-1-3-7-11)23-17(20-14)21-16(19)22-23/h1-9,14-15H,10H2,(H3,19,20,21,22)/t14-,15+/m0/s1. The molecule has 5 nitrogen and oxygen atoms in total. The third-order valence-electron chi connectivity index (χ3n) is 4.17. The fraction of sp³-hybridized carbons (Fsp3) is 0.176. The van der Waals surface area contributed by atoms with Crippen molar-refractivity contribution in [2.45, 2.75) is 18.5 Å². The summed E-state index contributed by atoms with van der Waals surface area (Å²) in [5.74, 6) is 0.945. The van der Waals surface area contributed by atoms with Gasteiger partial charge in [0.15, 0.2) is 0 Å². The summed E-state index contributed by atoms with van der Waals surface area (Å²) in [6, 6.07) is 18.3. The number of hydrogen-bond acceptors (Lipinski definition) is 4. The van der Waals surface area contributed by atoms with E-state index in [-0.39, 0.29) is 18.0 Å². The predicted molar refractivity (Wildman–Crippen MR) is 91.4 cm³/mol. The number of nitrogens with two attached hydrogens (primary N) is 1. The summed E-state index contributed by atoms with van der Waals surface area (Å²) < 4.78 is 1.86. The van der Waals surface area contributed by atoms with Crippen molar-refractivity contribution < 1.29 is 0 Å². The van der Waals surface area contributed by atoms with Crippen LogP contribution >= 0.6 is 11.6 Å². The fourth-order valence-corrected chi connectivity index (χ4v) is 3.38. The summed E-state index contributed by atoms with van der Waals surface area (Å²) in [5.41, 5.74) is 8.04. The molecule has 3 aromatic rings. The van der Waals surface area contributed by atoms with Crippen molar-refractivity contribution in [3.63, 3.8) is 0 Å². The van der Waals surface area contributed by atoms with Crippen LogP contribution in [-0.4, -0.2) is 14.8 Å². The highest BCUT2D eigenvalue weighted by molar-refractivity contribution is 6.31. The summed E-state index contributed by atoms with van der Waals surface area (Å²) in [5, 5.41) is 8.49. The van der Waals surface area contributed by atoms with Crippen LogP contribution in [0.5, 0.6) is 0 Å². The molecule has 2 atom stereocenters. The van der Waals surface area contributed by atoms with Gasteiger partial charge in [-0.3, -0.25) is 0 Å². The van der Waals surface area contributed by atoms with Gasteiger partial charge >= 0.3 is 0 Å². The lowest BCUT2D eigenvalue weighted by molar-refractivity contribution is 0.431. The predicted octanol–water partition coefficient (Wildman–Crippen LogP) is 3.66. The van der Waals surface area contributed by atoms with Crippen molar-refractivity contribution in [1.29, 1.82) is 0 Å². The van der Waals surface area contributed by atoms with Gasteiger partial charge in [0.2, 0.25) is 11.9 Å². The highest BCUT2D eigenvalue weighted by atomic mass is 35.5.